The van der Waals surface area contributed by atoms with E-state index in [4.69, 9.17) is 9.47 Å². The first-order valence-corrected chi connectivity index (χ1v) is 9.12. The van der Waals surface area contributed by atoms with E-state index in [0.29, 0.717) is 13.2 Å². The average Bonchev–Trinajstić information content (AvgIpc) is 3.05. The first-order chi connectivity index (χ1) is 13.2. The lowest BCUT2D eigenvalue weighted by molar-refractivity contribution is 0.180. The van der Waals surface area contributed by atoms with Gasteiger partial charge in [0.1, 0.15) is 12.4 Å². The molecule has 0 saturated heterocycles. The number of aryl methyl sites for hydroxylation is 1. The Balaban J connectivity index is 1.62. The number of aromatic nitrogens is 1. The van der Waals surface area contributed by atoms with Crippen LogP contribution in [-0.4, -0.2) is 11.7 Å². The van der Waals surface area contributed by atoms with Crippen LogP contribution >= 0.6 is 0 Å². The van der Waals surface area contributed by atoms with Gasteiger partial charge in [-0.3, -0.25) is 0 Å². The zero-order valence-corrected chi connectivity index (χ0v) is 15.7. The Labute approximate surface area is 159 Å². The Hall–Kier alpha value is -3.04. The number of hydrogen-bond donors (Lipinski definition) is 0. The van der Waals surface area contributed by atoms with Gasteiger partial charge in [-0.1, -0.05) is 42.0 Å². The molecule has 0 aliphatic carbocycles. The largest absolute Gasteiger partial charge is 0.489 e. The summed E-state index contributed by atoms with van der Waals surface area (Å²) in [4.78, 5) is 0. The van der Waals surface area contributed by atoms with Crippen molar-refractivity contribution in [1.29, 1.82) is 0 Å². The van der Waals surface area contributed by atoms with E-state index >= 15 is 0 Å². The van der Waals surface area contributed by atoms with Gasteiger partial charge in [0.2, 0.25) is 0 Å². The molecule has 0 aliphatic heterocycles. The fourth-order valence-electron chi connectivity index (χ4n) is 3.38. The molecule has 0 radical (unpaired) electrons. The lowest BCUT2D eigenvalue weighted by Crippen LogP contribution is -2.01. The molecule has 0 spiro atoms. The number of methoxy groups -OCH3 is 1. The van der Waals surface area contributed by atoms with Crippen LogP contribution in [0.1, 0.15) is 16.8 Å². The molecule has 1 heterocycles. The normalized spacial score (nSPS) is 11.0. The van der Waals surface area contributed by atoms with Gasteiger partial charge >= 0.3 is 0 Å². The topological polar surface area (TPSA) is 23.4 Å². The molecule has 3 heteroatoms. The van der Waals surface area contributed by atoms with Crippen LogP contribution in [0.5, 0.6) is 5.75 Å². The van der Waals surface area contributed by atoms with Crippen molar-refractivity contribution in [3.05, 3.63) is 95.7 Å². The Bertz CT molecular complexity index is 1030. The third kappa shape index (κ3) is 3.74. The van der Waals surface area contributed by atoms with E-state index in [9.17, 15) is 0 Å². The van der Waals surface area contributed by atoms with Crippen LogP contribution in [0.3, 0.4) is 0 Å². The fraction of sp³-hybridized carbons (Fsp3) is 0.167. The highest BCUT2D eigenvalue weighted by atomic mass is 16.5. The van der Waals surface area contributed by atoms with Gasteiger partial charge in [0.05, 0.1) is 12.1 Å². The molecule has 0 amide bonds. The van der Waals surface area contributed by atoms with Crippen molar-refractivity contribution < 1.29 is 9.47 Å². The third-order valence-corrected chi connectivity index (χ3v) is 4.67. The highest BCUT2D eigenvalue weighted by Gasteiger charge is 2.11. The molecule has 0 fully saturated rings. The van der Waals surface area contributed by atoms with E-state index in [1.807, 2.05) is 30.3 Å². The molecule has 4 aromatic rings. The summed E-state index contributed by atoms with van der Waals surface area (Å²) in [5.74, 6) is 0.864. The van der Waals surface area contributed by atoms with Crippen molar-refractivity contribution in [3.8, 4) is 11.4 Å². The maximum atomic E-state index is 5.91. The summed E-state index contributed by atoms with van der Waals surface area (Å²) in [6.07, 6.45) is 0. The van der Waals surface area contributed by atoms with Crippen LogP contribution in [0, 0.1) is 6.92 Å². The molecule has 4 rings (SSSR count). The zero-order valence-electron chi connectivity index (χ0n) is 15.7. The summed E-state index contributed by atoms with van der Waals surface area (Å²) in [5.41, 5.74) is 5.85. The van der Waals surface area contributed by atoms with E-state index < -0.39 is 0 Å². The second-order valence-corrected chi connectivity index (χ2v) is 6.73. The second kappa shape index (κ2) is 7.68. The standard InChI is InChI=1S/C24H23NO2/c1-18-8-13-24-20(14-18)15-22(17-26-2)25(24)21-9-11-23(12-10-21)27-16-19-6-4-3-5-7-19/h3-15H,16-17H2,1-2H3. The van der Waals surface area contributed by atoms with Gasteiger partial charge in [0.15, 0.2) is 0 Å². The SMILES string of the molecule is COCc1cc2cc(C)ccc2n1-c1ccc(OCc2ccccc2)cc1. The minimum atomic E-state index is 0.569. The summed E-state index contributed by atoms with van der Waals surface area (Å²) < 4.78 is 13.6. The second-order valence-electron chi connectivity index (χ2n) is 6.73. The number of fused-ring (bicyclic) bond motifs is 1. The molecular formula is C24H23NO2. The van der Waals surface area contributed by atoms with Crippen molar-refractivity contribution in [1.82, 2.24) is 4.57 Å². The van der Waals surface area contributed by atoms with Gasteiger partial charge < -0.3 is 14.0 Å². The van der Waals surface area contributed by atoms with Gasteiger partial charge in [-0.05, 0) is 55.0 Å². The Kier molecular flexibility index (Phi) is 4.95. The van der Waals surface area contributed by atoms with Crippen LogP contribution in [0.15, 0.2) is 78.9 Å². The molecule has 3 aromatic carbocycles. The number of rotatable bonds is 6. The summed E-state index contributed by atoms with van der Waals surface area (Å²) in [5, 5.41) is 1.23. The molecule has 0 unspecified atom stereocenters. The Morgan fingerprint density at radius 2 is 1.59 bits per heavy atom. The number of nitrogens with zero attached hydrogens (tertiary/aromatic N) is 1. The van der Waals surface area contributed by atoms with Crippen molar-refractivity contribution >= 4 is 10.9 Å². The average molecular weight is 357 g/mol. The molecule has 0 aliphatic rings. The van der Waals surface area contributed by atoms with Crippen LogP contribution in [0.25, 0.3) is 16.6 Å². The zero-order chi connectivity index (χ0) is 18.6. The fourth-order valence-corrected chi connectivity index (χ4v) is 3.38. The predicted molar refractivity (Wildman–Crippen MR) is 109 cm³/mol. The molecule has 0 N–H and O–H groups in total. The molecule has 0 bridgehead atoms. The van der Waals surface area contributed by atoms with Gasteiger partial charge in [-0.2, -0.15) is 0 Å². The molecule has 0 atom stereocenters. The minimum absolute atomic E-state index is 0.569. The summed E-state index contributed by atoms with van der Waals surface area (Å²) >= 11 is 0. The number of hydrogen-bond acceptors (Lipinski definition) is 2. The Morgan fingerprint density at radius 1 is 0.815 bits per heavy atom. The van der Waals surface area contributed by atoms with Crippen molar-refractivity contribution in [3.63, 3.8) is 0 Å². The summed E-state index contributed by atoms with van der Waals surface area (Å²) in [7, 11) is 1.73. The third-order valence-electron chi connectivity index (χ3n) is 4.67. The maximum Gasteiger partial charge on any atom is 0.119 e. The first-order valence-electron chi connectivity index (χ1n) is 9.12. The lowest BCUT2D eigenvalue weighted by Gasteiger charge is -2.12. The van der Waals surface area contributed by atoms with Crippen molar-refractivity contribution in [2.45, 2.75) is 20.1 Å². The highest BCUT2D eigenvalue weighted by molar-refractivity contribution is 5.84. The van der Waals surface area contributed by atoms with Gasteiger partial charge in [0, 0.05) is 23.9 Å². The van der Waals surface area contributed by atoms with Crippen LogP contribution < -0.4 is 4.74 Å². The maximum absolute atomic E-state index is 5.91. The number of ether oxygens (including phenoxy) is 2. The molecule has 1 aromatic heterocycles. The van der Waals surface area contributed by atoms with Crippen LogP contribution in [-0.2, 0) is 18.0 Å². The van der Waals surface area contributed by atoms with E-state index in [2.05, 4.69) is 60.0 Å². The van der Waals surface area contributed by atoms with Crippen LogP contribution in [0.2, 0.25) is 0 Å². The minimum Gasteiger partial charge on any atom is -0.489 e. The van der Waals surface area contributed by atoms with Gasteiger partial charge in [-0.15, -0.1) is 0 Å². The van der Waals surface area contributed by atoms with Gasteiger partial charge in [0.25, 0.3) is 0 Å². The molecule has 27 heavy (non-hydrogen) atoms. The molecular weight excluding hydrogens is 334 g/mol. The van der Waals surface area contributed by atoms with Crippen molar-refractivity contribution in [2.75, 3.05) is 7.11 Å². The van der Waals surface area contributed by atoms with E-state index in [-0.39, 0.29) is 0 Å². The van der Waals surface area contributed by atoms with Crippen LogP contribution in [0.4, 0.5) is 0 Å². The predicted octanol–water partition coefficient (Wildman–Crippen LogP) is 5.66. The van der Waals surface area contributed by atoms with E-state index in [0.717, 1.165) is 22.7 Å². The van der Waals surface area contributed by atoms with Crippen molar-refractivity contribution in [2.24, 2.45) is 0 Å². The molecule has 0 saturated carbocycles. The smallest absolute Gasteiger partial charge is 0.119 e. The molecule has 136 valence electrons. The monoisotopic (exact) mass is 357 g/mol. The highest BCUT2D eigenvalue weighted by Crippen LogP contribution is 2.27. The number of benzene rings is 3. The summed E-state index contributed by atoms with van der Waals surface area (Å²) in [6.45, 7) is 3.26. The quantitative estimate of drug-likeness (QED) is 0.444. The van der Waals surface area contributed by atoms with E-state index in [1.165, 1.54) is 16.5 Å². The Morgan fingerprint density at radius 3 is 2.33 bits per heavy atom. The lowest BCUT2D eigenvalue weighted by atomic mass is 10.2. The molecule has 3 nitrogen and oxygen atoms in total. The van der Waals surface area contributed by atoms with Gasteiger partial charge in [-0.25, -0.2) is 0 Å². The van der Waals surface area contributed by atoms with E-state index in [1.54, 1.807) is 7.11 Å². The summed E-state index contributed by atoms with van der Waals surface area (Å²) in [6, 6.07) is 27.2. The first kappa shape index (κ1) is 17.4.